The minimum atomic E-state index is -4.26. The number of hydrogen-bond acceptors (Lipinski definition) is 3. The van der Waals surface area contributed by atoms with Crippen molar-refractivity contribution >= 4 is 50.2 Å². The van der Waals surface area contributed by atoms with Gasteiger partial charge in [0.25, 0.3) is 0 Å². The summed E-state index contributed by atoms with van der Waals surface area (Å²) < 4.78 is 33.7. The number of rotatable bonds is 7. The lowest BCUT2D eigenvalue weighted by atomic mass is 9.91. The second-order valence-electron chi connectivity index (χ2n) is 12.5. The molecule has 1 aliphatic rings. The normalized spacial score (nSPS) is 16.2. The van der Waals surface area contributed by atoms with E-state index < -0.39 is 14.9 Å². The van der Waals surface area contributed by atoms with Gasteiger partial charge in [0.2, 0.25) is 0 Å². The second-order valence-corrected chi connectivity index (χ2v) is 14.3. The van der Waals surface area contributed by atoms with Gasteiger partial charge in [0.05, 0.1) is 4.75 Å². The summed E-state index contributed by atoms with van der Waals surface area (Å²) in [4.78, 5) is 4.67. The summed E-state index contributed by atoms with van der Waals surface area (Å²) >= 11 is 0. The van der Waals surface area contributed by atoms with Gasteiger partial charge in [0.15, 0.2) is 0 Å². The van der Waals surface area contributed by atoms with Crippen molar-refractivity contribution in [2.75, 3.05) is 9.80 Å². The van der Waals surface area contributed by atoms with E-state index in [1.165, 1.54) is 13.0 Å². The standard InChI is InChI=1S/C37H30N3.C8H12O3S/c1-7-19-31(20-8-1)38(32-21-9-2-10-22-32)37(39(33-23-11-3-12-24-33)34-25-13-4-14-26-34)40(35-27-15-5-16-28-35)36-29-17-6-18-30-36;1-7-5-3-4-6-8(7,2)12(9,10)11/h1-30H;3-7H,1-2H3,(H,9,10,11)/q+1;/p-1. The van der Waals surface area contributed by atoms with E-state index in [-0.39, 0.29) is 5.92 Å². The van der Waals surface area contributed by atoms with Gasteiger partial charge in [0.1, 0.15) is 44.2 Å². The summed E-state index contributed by atoms with van der Waals surface area (Å²) in [5.41, 5.74) is 6.32. The van der Waals surface area contributed by atoms with Crippen LogP contribution in [-0.4, -0.2) is 23.7 Å². The number of guanidine groups is 1. The molecule has 260 valence electrons. The Morgan fingerprint density at radius 2 is 0.846 bits per heavy atom. The van der Waals surface area contributed by atoms with Crippen LogP contribution in [0.15, 0.2) is 206 Å². The van der Waals surface area contributed by atoms with Crippen LogP contribution in [0.3, 0.4) is 0 Å². The van der Waals surface area contributed by atoms with E-state index in [2.05, 4.69) is 196 Å². The van der Waals surface area contributed by atoms with Crippen molar-refractivity contribution in [2.45, 2.75) is 18.6 Å². The predicted octanol–water partition coefficient (Wildman–Crippen LogP) is 10.6. The first-order valence-corrected chi connectivity index (χ1v) is 18.6. The molecule has 6 nitrogen and oxygen atoms in total. The molecule has 6 aromatic carbocycles. The highest BCUT2D eigenvalue weighted by molar-refractivity contribution is 7.87. The molecule has 0 saturated carbocycles. The van der Waals surface area contributed by atoms with Crippen LogP contribution in [0.5, 0.6) is 0 Å². The molecule has 0 heterocycles. The lowest BCUT2D eigenvalue weighted by Crippen LogP contribution is -2.45. The van der Waals surface area contributed by atoms with Gasteiger partial charge in [-0.15, -0.1) is 0 Å². The molecule has 0 bridgehead atoms. The molecular weight excluding hydrogens is 663 g/mol. The van der Waals surface area contributed by atoms with Crippen LogP contribution in [0, 0.1) is 5.92 Å². The number of anilines is 4. The minimum absolute atomic E-state index is 0.259. The van der Waals surface area contributed by atoms with Crippen LogP contribution >= 0.6 is 0 Å². The van der Waals surface area contributed by atoms with Gasteiger partial charge >= 0.3 is 5.96 Å². The Hall–Kier alpha value is -6.02. The minimum Gasteiger partial charge on any atom is -0.747 e. The molecule has 2 unspecified atom stereocenters. The van der Waals surface area contributed by atoms with Crippen LogP contribution in [0.4, 0.5) is 34.1 Å². The average molecular weight is 704 g/mol. The second kappa shape index (κ2) is 16.3. The van der Waals surface area contributed by atoms with Crippen LogP contribution in [0.2, 0.25) is 0 Å². The maximum absolute atomic E-state index is 10.9. The summed E-state index contributed by atoms with van der Waals surface area (Å²) in [6.07, 6.45) is 6.50. The maximum Gasteiger partial charge on any atom is 0.380 e. The molecule has 0 aliphatic heterocycles. The summed E-state index contributed by atoms with van der Waals surface area (Å²) in [5, 5.41) is 0. The Morgan fingerprint density at radius 3 is 1.12 bits per heavy atom. The number of nitrogens with zero attached hydrogens (tertiary/aromatic N) is 3. The molecular formula is C45H41N3O3S. The largest absolute Gasteiger partial charge is 0.747 e. The van der Waals surface area contributed by atoms with Crippen molar-refractivity contribution in [3.05, 3.63) is 206 Å². The number of para-hydroxylation sites is 6. The molecule has 0 fully saturated rings. The van der Waals surface area contributed by atoms with E-state index in [1.807, 2.05) is 0 Å². The van der Waals surface area contributed by atoms with Crippen molar-refractivity contribution in [2.24, 2.45) is 5.92 Å². The van der Waals surface area contributed by atoms with Gasteiger partial charge in [-0.25, -0.2) is 8.42 Å². The van der Waals surface area contributed by atoms with Crippen LogP contribution in [0.1, 0.15) is 13.8 Å². The quantitative estimate of drug-likeness (QED) is 0.0717. The van der Waals surface area contributed by atoms with Crippen molar-refractivity contribution in [1.82, 2.24) is 4.58 Å². The fourth-order valence-corrected chi connectivity index (χ4v) is 6.81. The lowest BCUT2D eigenvalue weighted by Gasteiger charge is -2.35. The first kappa shape index (κ1) is 35.8. The van der Waals surface area contributed by atoms with E-state index in [0.29, 0.717) is 0 Å². The van der Waals surface area contributed by atoms with Crippen molar-refractivity contribution < 1.29 is 13.0 Å². The molecule has 0 aromatic heterocycles. The third-order valence-electron chi connectivity index (χ3n) is 9.07. The van der Waals surface area contributed by atoms with E-state index in [4.69, 9.17) is 0 Å². The monoisotopic (exact) mass is 703 g/mol. The predicted molar refractivity (Wildman–Crippen MR) is 215 cm³/mol. The van der Waals surface area contributed by atoms with Gasteiger partial charge < -0.3 is 4.55 Å². The molecule has 0 N–H and O–H groups in total. The molecule has 7 heteroatoms. The van der Waals surface area contributed by atoms with E-state index in [9.17, 15) is 13.0 Å². The molecule has 0 radical (unpaired) electrons. The van der Waals surface area contributed by atoms with E-state index in [1.54, 1.807) is 25.2 Å². The van der Waals surface area contributed by atoms with Gasteiger partial charge in [-0.3, -0.25) is 0 Å². The zero-order chi connectivity index (χ0) is 36.4. The molecule has 7 rings (SSSR count). The Balaban J connectivity index is 0.000000330. The van der Waals surface area contributed by atoms with E-state index in [0.717, 1.165) is 40.1 Å². The van der Waals surface area contributed by atoms with Gasteiger partial charge in [-0.2, -0.15) is 14.4 Å². The topological polar surface area (TPSA) is 66.7 Å². The van der Waals surface area contributed by atoms with E-state index >= 15 is 0 Å². The third-order valence-corrected chi connectivity index (χ3v) is 10.7. The third kappa shape index (κ3) is 7.97. The smallest absolute Gasteiger partial charge is 0.380 e. The number of hydrogen-bond donors (Lipinski definition) is 0. The van der Waals surface area contributed by atoms with Gasteiger partial charge in [-0.05, 0) is 85.6 Å². The molecule has 2 atom stereocenters. The van der Waals surface area contributed by atoms with Crippen LogP contribution in [0.25, 0.3) is 0 Å². The van der Waals surface area contributed by atoms with Crippen molar-refractivity contribution in [3.63, 3.8) is 0 Å². The highest BCUT2D eigenvalue weighted by Crippen LogP contribution is 2.36. The van der Waals surface area contributed by atoms with Crippen LogP contribution < -0.4 is 14.4 Å². The summed E-state index contributed by atoms with van der Waals surface area (Å²) in [6, 6.07) is 63.4. The molecule has 6 aromatic rings. The zero-order valence-corrected chi connectivity index (χ0v) is 30.0. The molecule has 0 spiro atoms. The highest BCUT2D eigenvalue weighted by atomic mass is 32.2. The number of allylic oxidation sites excluding steroid dienone is 3. The first-order chi connectivity index (χ1) is 25.3. The SMILES string of the molecule is CC1C=CC=CC1(C)S(=O)(=O)[O-].c1ccc(N(C(N(c2ccccc2)c2ccccc2)=[N+](c2ccccc2)c2ccccc2)c2ccccc2)cc1. The summed E-state index contributed by atoms with van der Waals surface area (Å²) in [6.45, 7) is 3.16. The maximum atomic E-state index is 10.9. The molecule has 0 saturated heterocycles. The number of benzene rings is 6. The Bertz CT molecular complexity index is 2030. The summed E-state index contributed by atoms with van der Waals surface area (Å²) in [7, 11) is -4.26. The van der Waals surface area contributed by atoms with Crippen molar-refractivity contribution in [3.8, 4) is 0 Å². The Morgan fingerprint density at radius 1 is 0.538 bits per heavy atom. The molecule has 1 aliphatic carbocycles. The first-order valence-electron chi connectivity index (χ1n) is 17.2. The molecule has 0 amide bonds. The average Bonchev–Trinajstić information content (AvgIpc) is 3.19. The fraction of sp³-hybridized carbons (Fsp3) is 0.0889. The van der Waals surface area contributed by atoms with Gasteiger partial charge in [0, 0.05) is 0 Å². The Labute approximate surface area is 307 Å². The highest BCUT2D eigenvalue weighted by Gasteiger charge is 2.37. The molecule has 52 heavy (non-hydrogen) atoms. The van der Waals surface area contributed by atoms with Gasteiger partial charge in [-0.1, -0.05) is 140 Å². The zero-order valence-electron chi connectivity index (χ0n) is 29.2. The van der Waals surface area contributed by atoms with Crippen LogP contribution in [-0.2, 0) is 10.1 Å². The summed E-state index contributed by atoms with van der Waals surface area (Å²) in [5.74, 6) is 0.692. The lowest BCUT2D eigenvalue weighted by molar-refractivity contribution is 0.411. The van der Waals surface area contributed by atoms with Crippen molar-refractivity contribution in [1.29, 1.82) is 0 Å². The fourth-order valence-electron chi connectivity index (χ4n) is 6.03. The Kier molecular flexibility index (Phi) is 11.2.